The summed E-state index contributed by atoms with van der Waals surface area (Å²) in [5.41, 5.74) is 3.29. The van der Waals surface area contributed by atoms with Crippen molar-refractivity contribution in [1.29, 1.82) is 0 Å². The minimum absolute atomic E-state index is 0.135. The molecule has 1 amide bonds. The number of nitrogens with zero attached hydrogens (tertiary/aromatic N) is 1. The molecule has 8 heteroatoms. The van der Waals surface area contributed by atoms with Gasteiger partial charge in [0.2, 0.25) is 0 Å². The minimum Gasteiger partial charge on any atom is -0.485 e. The first kappa shape index (κ1) is 21.2. The van der Waals surface area contributed by atoms with E-state index in [4.69, 9.17) is 32.7 Å². The van der Waals surface area contributed by atoms with Crippen LogP contribution in [-0.2, 0) is 17.7 Å². The van der Waals surface area contributed by atoms with Crippen LogP contribution in [0.3, 0.4) is 0 Å². The lowest BCUT2D eigenvalue weighted by Gasteiger charge is -2.23. The predicted octanol–water partition coefficient (Wildman–Crippen LogP) is 4.05. The van der Waals surface area contributed by atoms with Crippen molar-refractivity contribution in [3.8, 4) is 5.75 Å². The topological polar surface area (TPSA) is 71.6 Å². The number of benzene rings is 1. The maximum Gasteiger partial charge on any atom is 0.256 e. The van der Waals surface area contributed by atoms with Gasteiger partial charge in [-0.3, -0.25) is 9.59 Å². The fraction of sp³-hybridized carbons (Fsp3) is 0.455. The number of nitrogens with one attached hydrogen (secondary N) is 1. The molecule has 4 rings (SSSR count). The molecule has 2 aliphatic rings. The van der Waals surface area contributed by atoms with Crippen LogP contribution in [-0.4, -0.2) is 41.7 Å². The Kier molecular flexibility index (Phi) is 6.09. The third-order valence-electron chi connectivity index (χ3n) is 5.65. The van der Waals surface area contributed by atoms with E-state index in [9.17, 15) is 9.59 Å². The SMILES string of the molecule is Cc1cc(C)c(CN2CCCc3cc(Cl)c(OC4CCOC4)c(Cl)c3C2=O)c(=O)[nH]1. The highest BCUT2D eigenvalue weighted by atomic mass is 35.5. The van der Waals surface area contributed by atoms with Crippen molar-refractivity contribution in [3.05, 3.63) is 60.5 Å². The number of carbonyl (C=O) groups is 1. The quantitative estimate of drug-likeness (QED) is 0.762. The molecule has 2 aliphatic heterocycles. The van der Waals surface area contributed by atoms with E-state index in [1.54, 1.807) is 11.0 Å². The maximum atomic E-state index is 13.5. The summed E-state index contributed by atoms with van der Waals surface area (Å²) in [4.78, 5) is 30.4. The maximum absolute atomic E-state index is 13.5. The van der Waals surface area contributed by atoms with Gasteiger partial charge in [0.1, 0.15) is 6.10 Å². The number of rotatable bonds is 4. The lowest BCUT2D eigenvalue weighted by Crippen LogP contribution is -2.33. The Hall–Kier alpha value is -2.02. The highest BCUT2D eigenvalue weighted by molar-refractivity contribution is 6.39. The molecular formula is C22H24Cl2N2O4. The number of aryl methyl sites for hydroxylation is 3. The monoisotopic (exact) mass is 450 g/mol. The molecule has 0 bridgehead atoms. The molecule has 30 heavy (non-hydrogen) atoms. The number of hydrogen-bond acceptors (Lipinski definition) is 4. The zero-order chi connectivity index (χ0) is 21.4. The number of hydrogen-bond donors (Lipinski definition) is 1. The van der Waals surface area contributed by atoms with Gasteiger partial charge in [-0.05, 0) is 49.9 Å². The van der Waals surface area contributed by atoms with Crippen LogP contribution >= 0.6 is 23.2 Å². The molecule has 1 unspecified atom stereocenters. The number of amides is 1. The molecule has 1 atom stereocenters. The van der Waals surface area contributed by atoms with Gasteiger partial charge >= 0.3 is 0 Å². The third kappa shape index (κ3) is 4.09. The Labute approximate surface area is 185 Å². The van der Waals surface area contributed by atoms with Gasteiger partial charge in [-0.1, -0.05) is 23.2 Å². The second-order valence-electron chi connectivity index (χ2n) is 7.91. The average Bonchev–Trinajstić information content (AvgIpc) is 3.13. The summed E-state index contributed by atoms with van der Waals surface area (Å²) >= 11 is 13.1. The molecule has 0 saturated carbocycles. The van der Waals surface area contributed by atoms with E-state index in [2.05, 4.69) is 4.98 Å². The van der Waals surface area contributed by atoms with E-state index in [1.165, 1.54) is 0 Å². The Morgan fingerprint density at radius 1 is 1.27 bits per heavy atom. The molecule has 1 aromatic heterocycles. The van der Waals surface area contributed by atoms with Gasteiger partial charge in [0.05, 0.1) is 35.4 Å². The lowest BCUT2D eigenvalue weighted by atomic mass is 10.0. The fourth-order valence-corrected chi connectivity index (χ4v) is 4.77. The normalized spacial score (nSPS) is 19.0. The van der Waals surface area contributed by atoms with Gasteiger partial charge in [-0.15, -0.1) is 0 Å². The van der Waals surface area contributed by atoms with Crippen molar-refractivity contribution in [2.45, 2.75) is 45.8 Å². The van der Waals surface area contributed by atoms with Crippen LogP contribution in [0.5, 0.6) is 5.75 Å². The molecule has 1 N–H and O–H groups in total. The summed E-state index contributed by atoms with van der Waals surface area (Å²) in [6.07, 6.45) is 2.04. The van der Waals surface area contributed by atoms with Crippen molar-refractivity contribution < 1.29 is 14.3 Å². The molecule has 1 aromatic carbocycles. The standard InChI is InChI=1S/C22H24Cl2N2O4/c1-12-8-13(2)25-21(27)16(12)10-26-6-3-4-14-9-17(23)20(19(24)18(14)22(26)28)30-15-5-7-29-11-15/h8-9,15H,3-7,10-11H2,1-2H3,(H,25,27). The first-order valence-electron chi connectivity index (χ1n) is 10.1. The molecule has 160 valence electrons. The van der Waals surface area contributed by atoms with Crippen LogP contribution in [0, 0.1) is 13.8 Å². The van der Waals surface area contributed by atoms with Crippen LogP contribution in [0.1, 0.15) is 45.6 Å². The first-order chi connectivity index (χ1) is 14.3. The molecule has 2 aromatic rings. The van der Waals surface area contributed by atoms with Gasteiger partial charge in [0, 0.05) is 24.2 Å². The van der Waals surface area contributed by atoms with Gasteiger partial charge in [-0.25, -0.2) is 0 Å². The van der Waals surface area contributed by atoms with Crippen LogP contribution in [0.15, 0.2) is 16.9 Å². The van der Waals surface area contributed by atoms with E-state index >= 15 is 0 Å². The highest BCUT2D eigenvalue weighted by Crippen LogP contribution is 2.41. The molecule has 1 fully saturated rings. The van der Waals surface area contributed by atoms with Gasteiger partial charge in [0.25, 0.3) is 11.5 Å². The van der Waals surface area contributed by atoms with Crippen LogP contribution in [0.2, 0.25) is 10.0 Å². The smallest absolute Gasteiger partial charge is 0.256 e. The molecule has 0 aliphatic carbocycles. The zero-order valence-electron chi connectivity index (χ0n) is 17.0. The van der Waals surface area contributed by atoms with Crippen LogP contribution < -0.4 is 10.3 Å². The van der Waals surface area contributed by atoms with E-state index in [-0.39, 0.29) is 29.1 Å². The summed E-state index contributed by atoms with van der Waals surface area (Å²) in [5, 5.41) is 0.633. The Morgan fingerprint density at radius 2 is 2.07 bits per heavy atom. The Balaban J connectivity index is 1.69. The van der Waals surface area contributed by atoms with Crippen molar-refractivity contribution in [1.82, 2.24) is 9.88 Å². The summed E-state index contributed by atoms with van der Waals surface area (Å²) in [6.45, 7) is 5.58. The average molecular weight is 451 g/mol. The van der Waals surface area contributed by atoms with Crippen LogP contribution in [0.4, 0.5) is 0 Å². The van der Waals surface area contributed by atoms with E-state index in [0.29, 0.717) is 48.1 Å². The van der Waals surface area contributed by atoms with E-state index < -0.39 is 0 Å². The van der Waals surface area contributed by atoms with Gasteiger partial charge < -0.3 is 19.4 Å². The Morgan fingerprint density at radius 3 is 2.77 bits per heavy atom. The number of fused-ring (bicyclic) bond motifs is 1. The first-order valence-corrected chi connectivity index (χ1v) is 10.8. The number of halogens is 2. The molecule has 0 spiro atoms. The van der Waals surface area contributed by atoms with Crippen molar-refractivity contribution in [2.24, 2.45) is 0 Å². The largest absolute Gasteiger partial charge is 0.485 e. The number of aromatic nitrogens is 1. The predicted molar refractivity (Wildman–Crippen MR) is 116 cm³/mol. The summed E-state index contributed by atoms with van der Waals surface area (Å²) in [6, 6.07) is 3.69. The minimum atomic E-state index is -0.212. The second kappa shape index (κ2) is 8.61. The molecule has 1 saturated heterocycles. The second-order valence-corrected chi connectivity index (χ2v) is 8.70. The number of pyridine rings is 1. The molecule has 6 nitrogen and oxygen atoms in total. The van der Waals surface area contributed by atoms with E-state index in [0.717, 1.165) is 29.7 Å². The Bertz CT molecular complexity index is 1040. The van der Waals surface area contributed by atoms with Crippen molar-refractivity contribution >= 4 is 29.1 Å². The molecule has 0 radical (unpaired) electrons. The van der Waals surface area contributed by atoms with E-state index in [1.807, 2.05) is 19.9 Å². The fourth-order valence-electron chi connectivity index (χ4n) is 4.10. The highest BCUT2D eigenvalue weighted by Gasteiger charge is 2.30. The van der Waals surface area contributed by atoms with Crippen LogP contribution in [0.25, 0.3) is 0 Å². The summed E-state index contributed by atoms with van der Waals surface area (Å²) in [7, 11) is 0. The van der Waals surface area contributed by atoms with Crippen molar-refractivity contribution in [3.63, 3.8) is 0 Å². The van der Waals surface area contributed by atoms with Gasteiger partial charge in [0.15, 0.2) is 5.75 Å². The third-order valence-corrected chi connectivity index (χ3v) is 6.29. The molecular weight excluding hydrogens is 427 g/mol. The number of aromatic amines is 1. The van der Waals surface area contributed by atoms with Crippen molar-refractivity contribution in [2.75, 3.05) is 19.8 Å². The zero-order valence-corrected chi connectivity index (χ0v) is 18.5. The summed E-state index contributed by atoms with van der Waals surface area (Å²) in [5.74, 6) is 0.114. The summed E-state index contributed by atoms with van der Waals surface area (Å²) < 4.78 is 11.3. The number of ether oxygens (including phenoxy) is 2. The molecule has 3 heterocycles. The number of carbonyl (C=O) groups excluding carboxylic acids is 1. The van der Waals surface area contributed by atoms with Gasteiger partial charge in [-0.2, -0.15) is 0 Å². The lowest BCUT2D eigenvalue weighted by molar-refractivity contribution is 0.0747. The number of H-pyrrole nitrogens is 1.